The molecule has 0 bridgehead atoms. The monoisotopic (exact) mass is 337 g/mol. The predicted octanol–water partition coefficient (Wildman–Crippen LogP) is 2.77. The number of carbonyl (C=O) groups is 1. The molecule has 2 aromatic heterocycles. The van der Waals surface area contributed by atoms with Gasteiger partial charge in [0.1, 0.15) is 5.76 Å². The summed E-state index contributed by atoms with van der Waals surface area (Å²) in [6.07, 6.45) is 2.82. The molecule has 0 radical (unpaired) electrons. The lowest BCUT2D eigenvalue weighted by Gasteiger charge is -2.38. The first-order valence-electron chi connectivity index (χ1n) is 8.37. The van der Waals surface area contributed by atoms with E-state index in [1.54, 1.807) is 19.2 Å². The summed E-state index contributed by atoms with van der Waals surface area (Å²) >= 11 is 0. The molecule has 128 valence electrons. The van der Waals surface area contributed by atoms with Crippen LogP contribution in [0.2, 0.25) is 0 Å². The van der Waals surface area contributed by atoms with Crippen molar-refractivity contribution in [2.45, 2.75) is 31.9 Å². The van der Waals surface area contributed by atoms with E-state index < -0.39 is 0 Å². The maximum absolute atomic E-state index is 12.5. The lowest BCUT2D eigenvalue weighted by Crippen LogP contribution is -2.41. The van der Waals surface area contributed by atoms with Gasteiger partial charge in [-0.15, -0.1) is 0 Å². The Kier molecular flexibility index (Phi) is 3.97. The van der Waals surface area contributed by atoms with E-state index in [1.807, 2.05) is 30.3 Å². The summed E-state index contributed by atoms with van der Waals surface area (Å²) in [6, 6.07) is 11.3. The second-order valence-electron chi connectivity index (χ2n) is 6.62. The SMILES string of the molecule is Cc1cc(C(=O)NC(c2cnc3ccccc3c2)C2CC(O)C2)no1. The van der Waals surface area contributed by atoms with E-state index in [4.69, 9.17) is 4.52 Å². The molecular formula is C19H19N3O3. The Morgan fingerprint density at radius 3 is 2.84 bits per heavy atom. The number of hydrogen-bond acceptors (Lipinski definition) is 5. The summed E-state index contributed by atoms with van der Waals surface area (Å²) < 4.78 is 4.99. The lowest BCUT2D eigenvalue weighted by molar-refractivity contribution is 0.0234. The van der Waals surface area contributed by atoms with E-state index in [9.17, 15) is 9.90 Å². The third-order valence-corrected chi connectivity index (χ3v) is 4.74. The Balaban J connectivity index is 1.64. The molecule has 1 saturated carbocycles. The number of nitrogens with zero attached hydrogens (tertiary/aromatic N) is 2. The minimum absolute atomic E-state index is 0.176. The van der Waals surface area contributed by atoms with Crippen LogP contribution < -0.4 is 5.32 Å². The minimum atomic E-state index is -0.299. The van der Waals surface area contributed by atoms with Gasteiger partial charge in [-0.2, -0.15) is 0 Å². The second-order valence-corrected chi connectivity index (χ2v) is 6.62. The number of benzene rings is 1. The number of rotatable bonds is 4. The van der Waals surface area contributed by atoms with Crippen molar-refractivity contribution < 1.29 is 14.4 Å². The number of aliphatic hydroxyl groups excluding tert-OH is 1. The number of fused-ring (bicyclic) bond motifs is 1. The van der Waals surface area contributed by atoms with Gasteiger partial charge in [-0.05, 0) is 43.4 Å². The number of para-hydroxylation sites is 1. The number of aliphatic hydroxyl groups is 1. The average Bonchev–Trinajstić information content (AvgIpc) is 3.03. The molecule has 6 heteroatoms. The van der Waals surface area contributed by atoms with Crippen molar-refractivity contribution in [1.82, 2.24) is 15.5 Å². The molecule has 0 saturated heterocycles. The van der Waals surface area contributed by atoms with Gasteiger partial charge in [0.05, 0.1) is 17.7 Å². The van der Waals surface area contributed by atoms with Gasteiger partial charge in [0, 0.05) is 17.6 Å². The molecule has 2 N–H and O–H groups in total. The lowest BCUT2D eigenvalue weighted by atomic mass is 9.75. The van der Waals surface area contributed by atoms with Crippen molar-refractivity contribution in [3.63, 3.8) is 0 Å². The molecule has 0 spiro atoms. The Morgan fingerprint density at radius 2 is 2.12 bits per heavy atom. The molecular weight excluding hydrogens is 318 g/mol. The number of pyridine rings is 1. The quantitative estimate of drug-likeness (QED) is 0.764. The van der Waals surface area contributed by atoms with Gasteiger partial charge < -0.3 is 14.9 Å². The average molecular weight is 337 g/mol. The Labute approximate surface area is 144 Å². The number of aromatic nitrogens is 2. The third kappa shape index (κ3) is 3.13. The number of hydrogen-bond donors (Lipinski definition) is 2. The van der Waals surface area contributed by atoms with Crippen LogP contribution in [-0.2, 0) is 0 Å². The summed E-state index contributed by atoms with van der Waals surface area (Å²) in [5, 5.41) is 17.5. The number of aryl methyl sites for hydroxylation is 1. The zero-order valence-electron chi connectivity index (χ0n) is 13.8. The molecule has 6 nitrogen and oxygen atoms in total. The highest BCUT2D eigenvalue weighted by molar-refractivity contribution is 5.92. The highest BCUT2D eigenvalue weighted by Crippen LogP contribution is 2.38. The van der Waals surface area contributed by atoms with E-state index in [-0.39, 0.29) is 29.7 Å². The fraction of sp³-hybridized carbons (Fsp3) is 0.316. The third-order valence-electron chi connectivity index (χ3n) is 4.74. The van der Waals surface area contributed by atoms with Crippen LogP contribution in [-0.4, -0.2) is 27.3 Å². The van der Waals surface area contributed by atoms with Crippen molar-refractivity contribution in [3.05, 3.63) is 59.6 Å². The fourth-order valence-corrected chi connectivity index (χ4v) is 3.32. The van der Waals surface area contributed by atoms with Crippen LogP contribution in [0, 0.1) is 12.8 Å². The van der Waals surface area contributed by atoms with E-state index in [2.05, 4.69) is 15.5 Å². The van der Waals surface area contributed by atoms with E-state index in [0.29, 0.717) is 18.6 Å². The van der Waals surface area contributed by atoms with Crippen molar-refractivity contribution in [1.29, 1.82) is 0 Å². The summed E-state index contributed by atoms with van der Waals surface area (Å²) in [5.41, 5.74) is 2.11. The second kappa shape index (κ2) is 6.29. The fourth-order valence-electron chi connectivity index (χ4n) is 3.32. The van der Waals surface area contributed by atoms with Crippen LogP contribution in [0.15, 0.2) is 47.1 Å². The molecule has 4 rings (SSSR count). The number of carbonyl (C=O) groups excluding carboxylic acids is 1. The summed E-state index contributed by atoms with van der Waals surface area (Å²) in [6.45, 7) is 1.75. The van der Waals surface area contributed by atoms with Gasteiger partial charge >= 0.3 is 0 Å². The van der Waals surface area contributed by atoms with Gasteiger partial charge in [0.2, 0.25) is 0 Å². The van der Waals surface area contributed by atoms with Crippen LogP contribution >= 0.6 is 0 Å². The van der Waals surface area contributed by atoms with Crippen molar-refractivity contribution in [3.8, 4) is 0 Å². The van der Waals surface area contributed by atoms with Crippen molar-refractivity contribution >= 4 is 16.8 Å². The Hall–Kier alpha value is -2.73. The molecule has 1 aliphatic rings. The zero-order valence-corrected chi connectivity index (χ0v) is 13.8. The normalized spacial score (nSPS) is 20.9. The van der Waals surface area contributed by atoms with E-state index >= 15 is 0 Å². The highest BCUT2D eigenvalue weighted by atomic mass is 16.5. The van der Waals surface area contributed by atoms with E-state index in [0.717, 1.165) is 16.5 Å². The molecule has 3 aromatic rings. The highest BCUT2D eigenvalue weighted by Gasteiger charge is 2.36. The standard InChI is InChI=1S/C19H19N3O3/c1-11-6-17(22-25-11)19(24)21-18(13-8-15(23)9-13)14-7-12-4-2-3-5-16(12)20-10-14/h2-7,10,13,15,18,23H,8-9H2,1H3,(H,21,24). The Morgan fingerprint density at radius 1 is 1.32 bits per heavy atom. The summed E-state index contributed by atoms with van der Waals surface area (Å²) in [7, 11) is 0. The van der Waals surface area contributed by atoms with Gasteiger partial charge in [0.15, 0.2) is 5.69 Å². The molecule has 1 amide bonds. The van der Waals surface area contributed by atoms with Crippen LogP contribution in [0.25, 0.3) is 10.9 Å². The molecule has 1 unspecified atom stereocenters. The zero-order chi connectivity index (χ0) is 17.4. The van der Waals surface area contributed by atoms with Gasteiger partial charge in [-0.25, -0.2) is 0 Å². The van der Waals surface area contributed by atoms with Crippen LogP contribution in [0.3, 0.4) is 0 Å². The first-order valence-corrected chi connectivity index (χ1v) is 8.37. The van der Waals surface area contributed by atoms with Crippen molar-refractivity contribution in [2.24, 2.45) is 5.92 Å². The topological polar surface area (TPSA) is 88.2 Å². The largest absolute Gasteiger partial charge is 0.393 e. The van der Waals surface area contributed by atoms with Gasteiger partial charge in [-0.1, -0.05) is 23.4 Å². The predicted molar refractivity (Wildman–Crippen MR) is 91.9 cm³/mol. The van der Waals surface area contributed by atoms with Crippen LogP contribution in [0.5, 0.6) is 0 Å². The summed E-state index contributed by atoms with van der Waals surface area (Å²) in [5.74, 6) is 0.486. The smallest absolute Gasteiger partial charge is 0.273 e. The molecule has 2 heterocycles. The molecule has 0 aliphatic heterocycles. The molecule has 1 fully saturated rings. The first kappa shape index (κ1) is 15.8. The minimum Gasteiger partial charge on any atom is -0.393 e. The van der Waals surface area contributed by atoms with Crippen LogP contribution in [0.1, 0.15) is 40.7 Å². The van der Waals surface area contributed by atoms with Gasteiger partial charge in [0.25, 0.3) is 5.91 Å². The Bertz CT molecular complexity index is 915. The molecule has 1 atom stereocenters. The van der Waals surface area contributed by atoms with Crippen molar-refractivity contribution in [2.75, 3.05) is 0 Å². The number of nitrogens with one attached hydrogen (secondary N) is 1. The maximum atomic E-state index is 12.5. The first-order chi connectivity index (χ1) is 12.1. The summed E-state index contributed by atoms with van der Waals surface area (Å²) in [4.78, 5) is 17.0. The molecule has 1 aromatic carbocycles. The molecule has 1 aliphatic carbocycles. The van der Waals surface area contributed by atoms with Crippen LogP contribution in [0.4, 0.5) is 0 Å². The van der Waals surface area contributed by atoms with E-state index in [1.165, 1.54) is 0 Å². The number of amides is 1. The molecule has 25 heavy (non-hydrogen) atoms. The van der Waals surface area contributed by atoms with Gasteiger partial charge in [-0.3, -0.25) is 9.78 Å². The maximum Gasteiger partial charge on any atom is 0.273 e.